The predicted molar refractivity (Wildman–Crippen MR) is 110 cm³/mol. The third kappa shape index (κ3) is 5.94. The summed E-state index contributed by atoms with van der Waals surface area (Å²) < 4.78 is 15.4. The molecule has 0 spiro atoms. The number of anilines is 1. The van der Waals surface area contributed by atoms with E-state index in [4.69, 9.17) is 14.2 Å². The molecule has 30 heavy (non-hydrogen) atoms. The molecule has 0 aliphatic heterocycles. The standard InChI is InChI=1S/C21H24N2O7/c1-13-9-16(17(23(26)27)10-14(13)2)22-20(24)12-30-21(25)8-6-15-5-7-18(28-3)19(11-15)29-4/h5,7,9-11H,6,8,12H2,1-4H3,(H,22,24). The highest BCUT2D eigenvalue weighted by atomic mass is 16.6. The minimum atomic E-state index is -0.652. The van der Waals surface area contributed by atoms with Gasteiger partial charge in [-0.25, -0.2) is 0 Å². The number of hydrogen-bond donors (Lipinski definition) is 1. The van der Waals surface area contributed by atoms with Crippen LogP contribution in [-0.4, -0.2) is 37.6 Å². The molecule has 0 saturated heterocycles. The maximum absolute atomic E-state index is 12.1. The van der Waals surface area contributed by atoms with Gasteiger partial charge in [0, 0.05) is 12.5 Å². The highest BCUT2D eigenvalue weighted by Crippen LogP contribution is 2.29. The molecule has 0 aliphatic carbocycles. The molecule has 1 N–H and O–H groups in total. The first-order valence-corrected chi connectivity index (χ1v) is 9.17. The van der Waals surface area contributed by atoms with Gasteiger partial charge < -0.3 is 19.5 Å². The second kappa shape index (κ2) is 10.2. The minimum absolute atomic E-state index is 0.0621. The van der Waals surface area contributed by atoms with Crippen molar-refractivity contribution in [2.75, 3.05) is 26.1 Å². The maximum Gasteiger partial charge on any atom is 0.306 e. The molecule has 0 fully saturated rings. The van der Waals surface area contributed by atoms with Crippen LogP contribution in [0.2, 0.25) is 0 Å². The van der Waals surface area contributed by atoms with Gasteiger partial charge in [0.15, 0.2) is 18.1 Å². The van der Waals surface area contributed by atoms with Crippen LogP contribution in [0.3, 0.4) is 0 Å². The molecular formula is C21H24N2O7. The minimum Gasteiger partial charge on any atom is -0.493 e. The number of nitrogens with one attached hydrogen (secondary N) is 1. The number of esters is 1. The molecule has 0 saturated carbocycles. The van der Waals surface area contributed by atoms with Crippen molar-refractivity contribution >= 4 is 23.3 Å². The van der Waals surface area contributed by atoms with E-state index in [2.05, 4.69) is 5.32 Å². The van der Waals surface area contributed by atoms with Crippen molar-refractivity contribution in [2.24, 2.45) is 0 Å². The number of hydrogen-bond acceptors (Lipinski definition) is 7. The number of carbonyl (C=O) groups is 2. The van der Waals surface area contributed by atoms with Crippen LogP contribution in [0.1, 0.15) is 23.1 Å². The van der Waals surface area contributed by atoms with Gasteiger partial charge >= 0.3 is 5.97 Å². The largest absolute Gasteiger partial charge is 0.493 e. The Morgan fingerprint density at radius 2 is 1.70 bits per heavy atom. The lowest BCUT2D eigenvalue weighted by molar-refractivity contribution is -0.384. The molecule has 2 aromatic carbocycles. The summed E-state index contributed by atoms with van der Waals surface area (Å²) in [6, 6.07) is 8.21. The van der Waals surface area contributed by atoms with Gasteiger partial charge in [-0.1, -0.05) is 6.07 Å². The van der Waals surface area contributed by atoms with E-state index in [0.717, 1.165) is 16.7 Å². The number of carbonyl (C=O) groups excluding carboxylic acids is 2. The Labute approximate surface area is 174 Å². The van der Waals surface area contributed by atoms with E-state index in [9.17, 15) is 19.7 Å². The zero-order chi connectivity index (χ0) is 22.3. The van der Waals surface area contributed by atoms with Crippen molar-refractivity contribution in [2.45, 2.75) is 26.7 Å². The molecule has 0 unspecified atom stereocenters. The van der Waals surface area contributed by atoms with E-state index in [1.54, 1.807) is 32.0 Å². The number of ether oxygens (including phenoxy) is 3. The molecule has 0 atom stereocenters. The molecular weight excluding hydrogens is 392 g/mol. The number of aryl methyl sites for hydroxylation is 3. The van der Waals surface area contributed by atoms with Crippen molar-refractivity contribution in [3.05, 3.63) is 57.1 Å². The first-order valence-electron chi connectivity index (χ1n) is 9.17. The summed E-state index contributed by atoms with van der Waals surface area (Å²) in [7, 11) is 3.06. The topological polar surface area (TPSA) is 117 Å². The SMILES string of the molecule is COc1ccc(CCC(=O)OCC(=O)Nc2cc(C)c(C)cc2[N+](=O)[O-])cc1OC. The average molecular weight is 416 g/mol. The summed E-state index contributed by atoms with van der Waals surface area (Å²) in [5, 5.41) is 13.6. The van der Waals surface area contributed by atoms with E-state index < -0.39 is 23.4 Å². The van der Waals surface area contributed by atoms with Crippen LogP contribution in [-0.2, 0) is 20.7 Å². The summed E-state index contributed by atoms with van der Waals surface area (Å²) in [4.78, 5) is 34.7. The van der Waals surface area contributed by atoms with Gasteiger partial charge in [-0.3, -0.25) is 19.7 Å². The van der Waals surface area contributed by atoms with Crippen molar-refractivity contribution in [3.63, 3.8) is 0 Å². The third-order valence-electron chi connectivity index (χ3n) is 4.51. The van der Waals surface area contributed by atoms with Gasteiger partial charge in [0.1, 0.15) is 5.69 Å². The van der Waals surface area contributed by atoms with E-state index in [1.165, 1.54) is 26.4 Å². The fraction of sp³-hybridized carbons (Fsp3) is 0.333. The van der Waals surface area contributed by atoms with Gasteiger partial charge in [0.2, 0.25) is 0 Å². The highest BCUT2D eigenvalue weighted by molar-refractivity contribution is 5.95. The molecule has 0 radical (unpaired) electrons. The summed E-state index contributed by atoms with van der Waals surface area (Å²) >= 11 is 0. The number of benzene rings is 2. The molecule has 2 rings (SSSR count). The molecule has 0 aliphatic rings. The van der Waals surface area contributed by atoms with E-state index in [-0.39, 0.29) is 17.8 Å². The lowest BCUT2D eigenvalue weighted by Crippen LogP contribution is -2.21. The summed E-state index contributed by atoms with van der Waals surface area (Å²) in [6.07, 6.45) is 0.454. The summed E-state index contributed by atoms with van der Waals surface area (Å²) in [5.41, 5.74) is 2.23. The van der Waals surface area contributed by atoms with E-state index in [0.29, 0.717) is 17.9 Å². The number of nitro groups is 1. The maximum atomic E-state index is 12.1. The normalized spacial score (nSPS) is 10.3. The number of nitro benzene ring substituents is 1. The summed E-state index contributed by atoms with van der Waals surface area (Å²) in [5.74, 6) is -0.0750. The van der Waals surface area contributed by atoms with Crippen LogP contribution in [0.25, 0.3) is 0 Å². The Hall–Kier alpha value is -3.62. The van der Waals surface area contributed by atoms with Crippen molar-refractivity contribution < 1.29 is 28.7 Å². The molecule has 9 heteroatoms. The Balaban J connectivity index is 1.89. The Morgan fingerprint density at radius 3 is 2.33 bits per heavy atom. The quantitative estimate of drug-likeness (QED) is 0.378. The number of amides is 1. The van der Waals surface area contributed by atoms with E-state index in [1.807, 2.05) is 0 Å². The zero-order valence-corrected chi connectivity index (χ0v) is 17.3. The molecule has 0 aromatic heterocycles. The van der Waals surface area contributed by atoms with Crippen molar-refractivity contribution in [1.82, 2.24) is 0 Å². The van der Waals surface area contributed by atoms with Gasteiger partial charge in [-0.2, -0.15) is 0 Å². The Morgan fingerprint density at radius 1 is 1.03 bits per heavy atom. The van der Waals surface area contributed by atoms with Crippen LogP contribution in [0.4, 0.5) is 11.4 Å². The molecule has 2 aromatic rings. The van der Waals surface area contributed by atoms with Crippen LogP contribution >= 0.6 is 0 Å². The highest BCUT2D eigenvalue weighted by Gasteiger charge is 2.18. The molecule has 9 nitrogen and oxygen atoms in total. The first-order chi connectivity index (χ1) is 14.2. The third-order valence-corrected chi connectivity index (χ3v) is 4.51. The molecule has 160 valence electrons. The van der Waals surface area contributed by atoms with Crippen LogP contribution in [0.5, 0.6) is 11.5 Å². The van der Waals surface area contributed by atoms with Gasteiger partial charge in [-0.15, -0.1) is 0 Å². The van der Waals surface area contributed by atoms with E-state index >= 15 is 0 Å². The second-order valence-electron chi connectivity index (χ2n) is 6.61. The number of nitrogens with zero attached hydrogens (tertiary/aromatic N) is 1. The van der Waals surface area contributed by atoms with Gasteiger partial charge in [0.05, 0.1) is 19.1 Å². The van der Waals surface area contributed by atoms with Crippen LogP contribution < -0.4 is 14.8 Å². The fourth-order valence-electron chi connectivity index (χ4n) is 2.74. The number of rotatable bonds is 9. The lowest BCUT2D eigenvalue weighted by atomic mass is 10.1. The Bertz CT molecular complexity index is 957. The molecule has 0 heterocycles. The smallest absolute Gasteiger partial charge is 0.306 e. The summed E-state index contributed by atoms with van der Waals surface area (Å²) in [6.45, 7) is 2.99. The lowest BCUT2D eigenvalue weighted by Gasteiger charge is -2.10. The van der Waals surface area contributed by atoms with Crippen LogP contribution in [0, 0.1) is 24.0 Å². The van der Waals surface area contributed by atoms with Gasteiger partial charge in [0.25, 0.3) is 11.6 Å². The molecule has 0 bridgehead atoms. The van der Waals surface area contributed by atoms with Crippen molar-refractivity contribution in [3.8, 4) is 11.5 Å². The van der Waals surface area contributed by atoms with Crippen molar-refractivity contribution in [1.29, 1.82) is 0 Å². The fourth-order valence-corrected chi connectivity index (χ4v) is 2.74. The average Bonchev–Trinajstić information content (AvgIpc) is 2.72. The number of methoxy groups -OCH3 is 2. The first kappa shape index (κ1) is 22.7. The van der Waals surface area contributed by atoms with Crippen LogP contribution in [0.15, 0.2) is 30.3 Å². The van der Waals surface area contributed by atoms with Gasteiger partial charge in [-0.05, 0) is 55.2 Å². The Kier molecular flexibility index (Phi) is 7.74. The monoisotopic (exact) mass is 416 g/mol. The molecule has 1 amide bonds. The zero-order valence-electron chi connectivity index (χ0n) is 17.3. The second-order valence-corrected chi connectivity index (χ2v) is 6.61. The predicted octanol–water partition coefficient (Wildman–Crippen LogP) is 3.34.